The molecule has 0 fully saturated rings. The zero-order chi connectivity index (χ0) is 25.2. The van der Waals surface area contributed by atoms with Crippen LogP contribution in [0.3, 0.4) is 0 Å². The molecule has 4 aromatic rings. The Morgan fingerprint density at radius 1 is 1.00 bits per heavy atom. The van der Waals surface area contributed by atoms with Crippen molar-refractivity contribution in [1.82, 2.24) is 19.0 Å². The van der Waals surface area contributed by atoms with E-state index in [1.54, 1.807) is 0 Å². The third kappa shape index (κ3) is 4.53. The van der Waals surface area contributed by atoms with Gasteiger partial charge >= 0.3 is 5.69 Å². The van der Waals surface area contributed by atoms with Gasteiger partial charge in [-0.15, -0.1) is 0 Å². The zero-order valence-corrected chi connectivity index (χ0v) is 20.9. The first-order chi connectivity index (χ1) is 17.4. The third-order valence-electron chi connectivity index (χ3n) is 7.15. The Bertz CT molecular complexity index is 1590. The average molecular weight is 485 g/mol. The SMILES string of the molecule is Cc1ccc2c(c1)c1c(c(=O)n(Cc3ccccc3)c(=O)n1CC(=O)NCCC1=CCCCC1)n2C. The first-order valence-corrected chi connectivity index (χ1v) is 12.6. The van der Waals surface area contributed by atoms with E-state index in [2.05, 4.69) is 11.4 Å². The molecule has 0 bridgehead atoms. The third-order valence-corrected chi connectivity index (χ3v) is 7.15. The molecule has 1 aliphatic rings. The van der Waals surface area contributed by atoms with E-state index < -0.39 is 5.69 Å². The van der Waals surface area contributed by atoms with Crippen LogP contribution in [0.15, 0.2) is 69.8 Å². The molecule has 0 atom stereocenters. The number of carbonyl (C=O) groups excluding carboxylic acids is 1. The van der Waals surface area contributed by atoms with E-state index in [-0.39, 0.29) is 24.6 Å². The van der Waals surface area contributed by atoms with Crippen LogP contribution in [0, 0.1) is 6.92 Å². The molecular formula is C29H32N4O3. The van der Waals surface area contributed by atoms with Gasteiger partial charge in [-0.1, -0.05) is 53.6 Å². The maximum absolute atomic E-state index is 13.7. The van der Waals surface area contributed by atoms with Crippen molar-refractivity contribution >= 4 is 27.8 Å². The summed E-state index contributed by atoms with van der Waals surface area (Å²) in [5.74, 6) is -0.232. The van der Waals surface area contributed by atoms with Crippen LogP contribution >= 0.6 is 0 Å². The van der Waals surface area contributed by atoms with E-state index in [9.17, 15) is 14.4 Å². The maximum Gasteiger partial charge on any atom is 0.332 e. The molecule has 1 amide bonds. The molecule has 5 rings (SSSR count). The first kappa shape index (κ1) is 23.9. The largest absolute Gasteiger partial charge is 0.354 e. The number of nitrogens with one attached hydrogen (secondary N) is 1. The van der Waals surface area contributed by atoms with Crippen LogP contribution in [-0.4, -0.2) is 26.2 Å². The average Bonchev–Trinajstić information content (AvgIpc) is 3.17. The van der Waals surface area contributed by atoms with Gasteiger partial charge in [0.1, 0.15) is 12.1 Å². The Morgan fingerprint density at radius 3 is 2.56 bits per heavy atom. The van der Waals surface area contributed by atoms with Gasteiger partial charge in [0.15, 0.2) is 0 Å². The lowest BCUT2D eigenvalue weighted by atomic mass is 9.97. The molecular weight excluding hydrogens is 452 g/mol. The van der Waals surface area contributed by atoms with Crippen LogP contribution in [0.25, 0.3) is 21.9 Å². The summed E-state index contributed by atoms with van der Waals surface area (Å²) in [5, 5.41) is 3.79. The number of hydrogen-bond acceptors (Lipinski definition) is 3. The summed E-state index contributed by atoms with van der Waals surface area (Å²) in [6, 6.07) is 15.3. The molecule has 2 aromatic carbocycles. The summed E-state index contributed by atoms with van der Waals surface area (Å²) in [6.07, 6.45) is 7.75. The highest BCUT2D eigenvalue weighted by atomic mass is 16.2. The summed E-state index contributed by atoms with van der Waals surface area (Å²) < 4.78 is 4.54. The van der Waals surface area contributed by atoms with Crippen LogP contribution in [0.1, 0.15) is 43.2 Å². The number of rotatable bonds is 7. The molecule has 0 spiro atoms. The van der Waals surface area contributed by atoms with Crippen molar-refractivity contribution in [2.45, 2.75) is 52.1 Å². The van der Waals surface area contributed by atoms with Gasteiger partial charge in [0.05, 0.1) is 17.6 Å². The van der Waals surface area contributed by atoms with Crippen LogP contribution in [-0.2, 0) is 24.9 Å². The van der Waals surface area contributed by atoms with E-state index in [0.717, 1.165) is 41.3 Å². The Balaban J connectivity index is 1.57. The summed E-state index contributed by atoms with van der Waals surface area (Å²) in [4.78, 5) is 40.4. The highest BCUT2D eigenvalue weighted by molar-refractivity contribution is 6.06. The van der Waals surface area contributed by atoms with Gasteiger partial charge < -0.3 is 9.88 Å². The Morgan fingerprint density at radius 2 is 1.81 bits per heavy atom. The zero-order valence-electron chi connectivity index (χ0n) is 20.9. The van der Waals surface area contributed by atoms with Crippen molar-refractivity contribution in [2.75, 3.05) is 6.54 Å². The second kappa shape index (κ2) is 10.0. The predicted octanol–water partition coefficient (Wildman–Crippen LogP) is 4.02. The number of nitrogens with zero attached hydrogens (tertiary/aromatic N) is 3. The molecule has 0 saturated carbocycles. The molecule has 0 unspecified atom stereocenters. The first-order valence-electron chi connectivity index (χ1n) is 12.6. The Labute approximate surface area is 209 Å². The topological polar surface area (TPSA) is 78.0 Å². The van der Waals surface area contributed by atoms with Gasteiger partial charge in [-0.25, -0.2) is 4.79 Å². The number of aryl methyl sites for hydroxylation is 2. The fraction of sp³-hybridized carbons (Fsp3) is 0.345. The number of benzene rings is 2. The van der Waals surface area contributed by atoms with E-state index >= 15 is 0 Å². The van der Waals surface area contributed by atoms with E-state index in [1.165, 1.54) is 27.5 Å². The van der Waals surface area contributed by atoms with E-state index in [4.69, 9.17) is 0 Å². The van der Waals surface area contributed by atoms with E-state index in [0.29, 0.717) is 17.6 Å². The van der Waals surface area contributed by atoms with Gasteiger partial charge in [0.25, 0.3) is 5.56 Å². The van der Waals surface area contributed by atoms with Crippen LogP contribution in [0.4, 0.5) is 0 Å². The monoisotopic (exact) mass is 484 g/mol. The van der Waals surface area contributed by atoms with Crippen LogP contribution in [0.5, 0.6) is 0 Å². The molecule has 2 heterocycles. The standard InChI is InChI=1S/C29H32N4O3/c1-20-13-14-24-23(17-20)26-27(31(24)2)28(35)33(18-22-11-7-4-8-12-22)29(36)32(26)19-25(34)30-16-15-21-9-5-3-6-10-21/h4,7-9,11-14,17H,3,5-6,10,15-16,18-19H2,1-2H3,(H,30,34). The van der Waals surface area contributed by atoms with Crippen LogP contribution < -0.4 is 16.6 Å². The van der Waals surface area contributed by atoms with Crippen molar-refractivity contribution in [2.24, 2.45) is 7.05 Å². The van der Waals surface area contributed by atoms with Crippen molar-refractivity contribution in [3.63, 3.8) is 0 Å². The van der Waals surface area contributed by atoms with Gasteiger partial charge in [-0.05, 0) is 56.7 Å². The molecule has 7 nitrogen and oxygen atoms in total. The highest BCUT2D eigenvalue weighted by Gasteiger charge is 2.22. The predicted molar refractivity (Wildman–Crippen MR) is 143 cm³/mol. The van der Waals surface area contributed by atoms with Crippen molar-refractivity contribution in [1.29, 1.82) is 0 Å². The molecule has 36 heavy (non-hydrogen) atoms. The lowest BCUT2D eigenvalue weighted by Gasteiger charge is -2.15. The second-order valence-electron chi connectivity index (χ2n) is 9.73. The summed E-state index contributed by atoms with van der Waals surface area (Å²) in [7, 11) is 1.83. The number of aromatic nitrogens is 3. The van der Waals surface area contributed by atoms with Crippen LogP contribution in [0.2, 0.25) is 0 Å². The fourth-order valence-electron chi connectivity index (χ4n) is 5.26. The normalized spacial score (nSPS) is 13.8. The van der Waals surface area contributed by atoms with Crippen molar-refractivity contribution in [3.05, 3.63) is 92.1 Å². The van der Waals surface area contributed by atoms with Gasteiger partial charge in [-0.3, -0.25) is 18.7 Å². The molecule has 2 aromatic heterocycles. The molecule has 7 heteroatoms. The molecule has 0 radical (unpaired) electrons. The quantitative estimate of drug-likeness (QED) is 0.403. The van der Waals surface area contributed by atoms with E-state index in [1.807, 2.05) is 67.1 Å². The fourth-order valence-corrected chi connectivity index (χ4v) is 5.26. The summed E-state index contributed by atoms with van der Waals surface area (Å²) in [5.41, 5.74) is 4.22. The second-order valence-corrected chi connectivity index (χ2v) is 9.73. The molecule has 186 valence electrons. The number of fused-ring (bicyclic) bond motifs is 3. The van der Waals surface area contributed by atoms with Gasteiger partial charge in [0.2, 0.25) is 5.91 Å². The summed E-state index contributed by atoms with van der Waals surface area (Å²) in [6.45, 7) is 2.52. The number of carbonyl (C=O) groups is 1. The van der Waals surface area contributed by atoms with Crippen molar-refractivity contribution < 1.29 is 4.79 Å². The number of amides is 1. The van der Waals surface area contributed by atoms with Gasteiger partial charge in [-0.2, -0.15) is 0 Å². The minimum atomic E-state index is -0.476. The molecule has 1 N–H and O–H groups in total. The number of allylic oxidation sites excluding steroid dienone is 1. The number of hydrogen-bond donors (Lipinski definition) is 1. The molecule has 0 saturated heterocycles. The Kier molecular flexibility index (Phi) is 6.63. The minimum absolute atomic E-state index is 0.142. The molecule has 0 aliphatic heterocycles. The van der Waals surface area contributed by atoms with Crippen molar-refractivity contribution in [3.8, 4) is 0 Å². The smallest absolute Gasteiger partial charge is 0.332 e. The highest BCUT2D eigenvalue weighted by Crippen LogP contribution is 2.26. The lowest BCUT2D eigenvalue weighted by molar-refractivity contribution is -0.121. The maximum atomic E-state index is 13.7. The lowest BCUT2D eigenvalue weighted by Crippen LogP contribution is -2.43. The van der Waals surface area contributed by atoms with Gasteiger partial charge in [0, 0.05) is 19.0 Å². The Hall–Kier alpha value is -3.87. The minimum Gasteiger partial charge on any atom is -0.354 e. The molecule has 1 aliphatic carbocycles. The summed E-state index contributed by atoms with van der Waals surface area (Å²) >= 11 is 0.